The molecule has 9 nitrogen and oxygen atoms in total. The summed E-state index contributed by atoms with van der Waals surface area (Å²) in [5.41, 5.74) is 8.51. The van der Waals surface area contributed by atoms with Gasteiger partial charge < -0.3 is 0 Å². The summed E-state index contributed by atoms with van der Waals surface area (Å²) in [4.78, 5) is 29.5. The van der Waals surface area contributed by atoms with E-state index in [2.05, 4.69) is 67.6 Å². The largest absolute Gasteiger partial charge is 0.293 e. The van der Waals surface area contributed by atoms with Crippen LogP contribution in [-0.2, 0) is 19.3 Å². The van der Waals surface area contributed by atoms with E-state index < -0.39 is 0 Å². The Morgan fingerprint density at radius 2 is 0.786 bits per heavy atom. The van der Waals surface area contributed by atoms with E-state index >= 15 is 0 Å². The van der Waals surface area contributed by atoms with Crippen LogP contribution >= 0.6 is 0 Å². The van der Waals surface area contributed by atoms with Gasteiger partial charge in [0.15, 0.2) is 0 Å². The smallest absolute Gasteiger partial charge is 0.118 e. The van der Waals surface area contributed by atoms with Crippen LogP contribution in [0.1, 0.15) is 57.5 Å². The summed E-state index contributed by atoms with van der Waals surface area (Å²) in [5.74, 6) is 2.95. The van der Waals surface area contributed by atoms with Gasteiger partial charge in [-0.2, -0.15) is 0 Å². The SMILES string of the molecule is CCCc1nc2c(c3nc(CCC)n(-c4cccnc4)c3c3nc(CCC)n(-c4cccnc4)c23)n1-c1cccnc1. The Morgan fingerprint density at radius 1 is 0.476 bits per heavy atom. The molecule has 0 radical (unpaired) electrons. The number of aromatic nitrogens is 9. The minimum absolute atomic E-state index is 0.820. The lowest BCUT2D eigenvalue weighted by Crippen LogP contribution is -2.03. The van der Waals surface area contributed by atoms with E-state index in [0.29, 0.717) is 0 Å². The zero-order valence-electron chi connectivity index (χ0n) is 24.2. The van der Waals surface area contributed by atoms with E-state index in [4.69, 9.17) is 15.0 Å². The first-order chi connectivity index (χ1) is 20.7. The fraction of sp³-hybridized carbons (Fsp3) is 0.273. The van der Waals surface area contributed by atoms with Crippen molar-refractivity contribution in [3.05, 3.63) is 91.1 Å². The van der Waals surface area contributed by atoms with Gasteiger partial charge in [-0.15, -0.1) is 0 Å². The van der Waals surface area contributed by atoms with Crippen molar-refractivity contribution in [3.63, 3.8) is 0 Å². The summed E-state index contributed by atoms with van der Waals surface area (Å²) in [5, 5.41) is 0. The van der Waals surface area contributed by atoms with Gasteiger partial charge in [0.1, 0.15) is 50.6 Å². The minimum Gasteiger partial charge on any atom is -0.293 e. The van der Waals surface area contributed by atoms with Crippen LogP contribution in [-0.4, -0.2) is 43.6 Å². The first-order valence-corrected chi connectivity index (χ1v) is 14.8. The summed E-state index contributed by atoms with van der Waals surface area (Å²) in [6.07, 6.45) is 16.5. The van der Waals surface area contributed by atoms with Crippen molar-refractivity contribution in [2.24, 2.45) is 0 Å². The monoisotopic (exact) mass is 555 g/mol. The molecule has 7 aromatic rings. The van der Waals surface area contributed by atoms with Crippen LogP contribution in [0.25, 0.3) is 50.2 Å². The zero-order chi connectivity index (χ0) is 28.6. The molecule has 0 N–H and O–H groups in total. The highest BCUT2D eigenvalue weighted by Gasteiger charge is 2.28. The Morgan fingerprint density at radius 3 is 1.02 bits per heavy atom. The average Bonchev–Trinajstić information content (AvgIpc) is 3.70. The molecule has 0 amide bonds. The van der Waals surface area contributed by atoms with Crippen LogP contribution in [0.5, 0.6) is 0 Å². The first kappa shape index (κ1) is 26.0. The average molecular weight is 556 g/mol. The van der Waals surface area contributed by atoms with E-state index in [1.54, 1.807) is 18.6 Å². The summed E-state index contributed by atoms with van der Waals surface area (Å²) < 4.78 is 6.76. The van der Waals surface area contributed by atoms with Gasteiger partial charge in [0.2, 0.25) is 0 Å². The van der Waals surface area contributed by atoms with Crippen LogP contribution < -0.4 is 0 Å². The molecule has 210 valence electrons. The molecule has 0 bridgehead atoms. The number of benzene rings is 1. The number of hydrogen-bond acceptors (Lipinski definition) is 6. The Kier molecular flexibility index (Phi) is 6.70. The molecule has 0 saturated heterocycles. The normalized spacial score (nSPS) is 11.8. The molecule has 0 saturated carbocycles. The van der Waals surface area contributed by atoms with Crippen molar-refractivity contribution in [1.82, 2.24) is 43.6 Å². The van der Waals surface area contributed by atoms with E-state index in [-0.39, 0.29) is 0 Å². The van der Waals surface area contributed by atoms with Crippen LogP contribution in [0.4, 0.5) is 0 Å². The number of aryl methyl sites for hydroxylation is 3. The molecule has 9 heteroatoms. The number of hydrogen-bond donors (Lipinski definition) is 0. The predicted octanol–water partition coefficient (Wildman–Crippen LogP) is 6.75. The zero-order valence-corrected chi connectivity index (χ0v) is 24.2. The van der Waals surface area contributed by atoms with Crippen molar-refractivity contribution in [2.75, 3.05) is 0 Å². The van der Waals surface area contributed by atoms with Crippen molar-refractivity contribution >= 4 is 33.1 Å². The van der Waals surface area contributed by atoms with Gasteiger partial charge in [0.05, 0.1) is 35.7 Å². The second-order valence-corrected chi connectivity index (χ2v) is 10.6. The molecule has 6 aromatic heterocycles. The molecule has 0 unspecified atom stereocenters. The third-order valence-corrected chi connectivity index (χ3v) is 7.65. The minimum atomic E-state index is 0.820. The molecular formula is C33H33N9. The van der Waals surface area contributed by atoms with E-state index in [0.717, 1.165) is 106 Å². The second kappa shape index (κ2) is 10.8. The highest BCUT2D eigenvalue weighted by Crippen LogP contribution is 2.40. The molecule has 0 spiro atoms. The van der Waals surface area contributed by atoms with Crippen LogP contribution in [0, 0.1) is 0 Å². The van der Waals surface area contributed by atoms with Crippen molar-refractivity contribution in [3.8, 4) is 17.1 Å². The van der Waals surface area contributed by atoms with Crippen LogP contribution in [0.15, 0.2) is 73.6 Å². The molecule has 0 aliphatic rings. The van der Waals surface area contributed by atoms with Crippen LogP contribution in [0.2, 0.25) is 0 Å². The summed E-state index contributed by atoms with van der Waals surface area (Å²) in [7, 11) is 0. The Balaban J connectivity index is 1.76. The van der Waals surface area contributed by atoms with Gasteiger partial charge in [-0.25, -0.2) is 15.0 Å². The lowest BCUT2D eigenvalue weighted by Gasteiger charge is -2.11. The van der Waals surface area contributed by atoms with E-state index in [1.165, 1.54) is 0 Å². The molecule has 1 aromatic carbocycles. The first-order valence-electron chi connectivity index (χ1n) is 14.8. The second-order valence-electron chi connectivity index (χ2n) is 10.6. The molecule has 0 aliphatic heterocycles. The number of pyridine rings is 3. The molecular weight excluding hydrogens is 522 g/mol. The summed E-state index contributed by atoms with van der Waals surface area (Å²) >= 11 is 0. The number of nitrogens with zero attached hydrogens (tertiary/aromatic N) is 9. The van der Waals surface area contributed by atoms with E-state index in [1.807, 2.05) is 36.8 Å². The third kappa shape index (κ3) is 4.07. The van der Waals surface area contributed by atoms with Crippen molar-refractivity contribution < 1.29 is 0 Å². The lowest BCUT2D eigenvalue weighted by atomic mass is 10.2. The van der Waals surface area contributed by atoms with Gasteiger partial charge in [-0.1, -0.05) is 20.8 Å². The topological polar surface area (TPSA) is 92.1 Å². The highest BCUT2D eigenvalue weighted by atomic mass is 15.2. The molecule has 7 rings (SSSR count). The summed E-state index contributed by atoms with van der Waals surface area (Å²) in [6, 6.07) is 12.2. The third-order valence-electron chi connectivity index (χ3n) is 7.65. The Hall–Kier alpha value is -4.92. The molecule has 0 aliphatic carbocycles. The highest BCUT2D eigenvalue weighted by molar-refractivity contribution is 6.20. The predicted molar refractivity (Wildman–Crippen MR) is 166 cm³/mol. The van der Waals surface area contributed by atoms with E-state index in [9.17, 15) is 0 Å². The van der Waals surface area contributed by atoms with Gasteiger partial charge >= 0.3 is 0 Å². The quantitative estimate of drug-likeness (QED) is 0.196. The number of imidazole rings is 3. The number of rotatable bonds is 9. The Labute approximate surface area is 244 Å². The summed E-state index contributed by atoms with van der Waals surface area (Å²) in [6.45, 7) is 6.56. The molecule has 6 heterocycles. The fourth-order valence-corrected chi connectivity index (χ4v) is 6.02. The number of fused-ring (bicyclic) bond motifs is 6. The maximum atomic E-state index is 5.37. The van der Waals surface area contributed by atoms with Gasteiger partial charge in [0, 0.05) is 37.9 Å². The molecule has 0 atom stereocenters. The molecule has 42 heavy (non-hydrogen) atoms. The van der Waals surface area contributed by atoms with Gasteiger partial charge in [-0.05, 0) is 55.7 Å². The maximum absolute atomic E-state index is 5.37. The van der Waals surface area contributed by atoms with Gasteiger partial charge in [0.25, 0.3) is 0 Å². The Bertz CT molecular complexity index is 1740. The lowest BCUT2D eigenvalue weighted by molar-refractivity contribution is 0.814. The fourth-order valence-electron chi connectivity index (χ4n) is 6.02. The molecule has 0 fully saturated rings. The van der Waals surface area contributed by atoms with Crippen molar-refractivity contribution in [2.45, 2.75) is 59.3 Å². The maximum Gasteiger partial charge on any atom is 0.118 e. The standard InChI is InChI=1S/C33H33N9/c1-4-10-25-37-28-31(40(25)22-13-7-16-34-19-22)29-33(42(26(38-29)11-5-2)24-15-9-18-36-21-24)30-32(28)41(27(39-30)12-6-3)23-14-8-17-35-20-23/h7-9,13-21H,4-6,10-12H2,1-3H3. The van der Waals surface area contributed by atoms with Crippen LogP contribution in [0.3, 0.4) is 0 Å². The van der Waals surface area contributed by atoms with Gasteiger partial charge in [-0.3, -0.25) is 28.7 Å². The van der Waals surface area contributed by atoms with Crippen molar-refractivity contribution in [1.29, 1.82) is 0 Å².